The Morgan fingerprint density at radius 3 is 2.52 bits per heavy atom. The topological polar surface area (TPSA) is 87.9 Å². The highest BCUT2D eigenvalue weighted by Gasteiger charge is 2.32. The molecule has 1 aliphatic carbocycles. The molecule has 0 bridgehead atoms. The molecule has 1 amide bonds. The molecule has 0 radical (unpaired) electrons. The maximum Gasteiger partial charge on any atom is 0.251 e. The standard InChI is InChI=1S/C18H29N7O2/c1-13-21-22-16(23(13)2)12-19-18(20-14-5-6-14)25-9-7-24(8-10-25)17(26)15-4-3-11-27-15/h14-15H,3-12H2,1-2H3,(H,19,20). The summed E-state index contributed by atoms with van der Waals surface area (Å²) in [6.07, 6.45) is 4.00. The van der Waals surface area contributed by atoms with Crippen LogP contribution in [0.3, 0.4) is 0 Å². The number of hydrogen-bond donors (Lipinski definition) is 1. The minimum absolute atomic E-state index is 0.148. The van der Waals surface area contributed by atoms with E-state index in [0.717, 1.165) is 43.5 Å². The van der Waals surface area contributed by atoms with E-state index < -0.39 is 0 Å². The number of carbonyl (C=O) groups excluding carboxylic acids is 1. The van der Waals surface area contributed by atoms with Crippen molar-refractivity contribution in [1.29, 1.82) is 0 Å². The van der Waals surface area contributed by atoms with Crippen LogP contribution in [0.2, 0.25) is 0 Å². The summed E-state index contributed by atoms with van der Waals surface area (Å²) in [5, 5.41) is 11.8. The van der Waals surface area contributed by atoms with Gasteiger partial charge in [0.1, 0.15) is 18.5 Å². The van der Waals surface area contributed by atoms with Crippen molar-refractivity contribution in [3.63, 3.8) is 0 Å². The normalized spacial score (nSPS) is 23.8. The molecule has 1 saturated carbocycles. The van der Waals surface area contributed by atoms with Gasteiger partial charge in [0, 0.05) is 45.9 Å². The smallest absolute Gasteiger partial charge is 0.251 e. The van der Waals surface area contributed by atoms with E-state index in [0.29, 0.717) is 32.3 Å². The van der Waals surface area contributed by atoms with Crippen molar-refractivity contribution in [3.8, 4) is 0 Å². The highest BCUT2D eigenvalue weighted by Crippen LogP contribution is 2.20. The van der Waals surface area contributed by atoms with Gasteiger partial charge >= 0.3 is 0 Å². The molecule has 27 heavy (non-hydrogen) atoms. The van der Waals surface area contributed by atoms with Gasteiger partial charge < -0.3 is 24.4 Å². The Balaban J connectivity index is 1.37. The lowest BCUT2D eigenvalue weighted by molar-refractivity contribution is -0.142. The maximum atomic E-state index is 12.5. The molecule has 148 valence electrons. The first kappa shape index (κ1) is 18.2. The Kier molecular flexibility index (Phi) is 5.29. The summed E-state index contributed by atoms with van der Waals surface area (Å²) in [7, 11) is 1.96. The summed E-state index contributed by atoms with van der Waals surface area (Å²) < 4.78 is 7.52. The number of amides is 1. The third-order valence-electron chi connectivity index (χ3n) is 5.56. The Bertz CT molecular complexity index is 699. The van der Waals surface area contributed by atoms with Gasteiger partial charge in [0.2, 0.25) is 0 Å². The Hall–Kier alpha value is -2.16. The number of guanidine groups is 1. The third-order valence-corrected chi connectivity index (χ3v) is 5.56. The summed E-state index contributed by atoms with van der Waals surface area (Å²) in [4.78, 5) is 21.5. The average Bonchev–Trinajstić information content (AvgIpc) is 3.22. The van der Waals surface area contributed by atoms with Crippen LogP contribution in [0, 0.1) is 6.92 Å². The summed E-state index contributed by atoms with van der Waals surface area (Å²) >= 11 is 0. The van der Waals surface area contributed by atoms with Crippen LogP contribution in [-0.4, -0.2) is 81.4 Å². The summed E-state index contributed by atoms with van der Waals surface area (Å²) in [6.45, 7) is 6.15. The predicted octanol–water partition coefficient (Wildman–Crippen LogP) is 0.0547. The number of nitrogens with zero attached hydrogens (tertiary/aromatic N) is 6. The minimum atomic E-state index is -0.228. The van der Waals surface area contributed by atoms with Gasteiger partial charge in [-0.05, 0) is 32.6 Å². The van der Waals surface area contributed by atoms with E-state index in [2.05, 4.69) is 20.4 Å². The SMILES string of the molecule is Cc1nnc(CN=C(NC2CC2)N2CCN(C(=O)C3CCCO3)CC2)n1C. The van der Waals surface area contributed by atoms with Gasteiger partial charge in [-0.3, -0.25) is 4.79 Å². The van der Waals surface area contributed by atoms with E-state index in [1.165, 1.54) is 12.8 Å². The van der Waals surface area contributed by atoms with Crippen molar-refractivity contribution < 1.29 is 9.53 Å². The number of carbonyl (C=O) groups is 1. The lowest BCUT2D eigenvalue weighted by Crippen LogP contribution is -2.55. The second kappa shape index (κ2) is 7.84. The number of aromatic nitrogens is 3. The van der Waals surface area contributed by atoms with E-state index in [1.807, 2.05) is 23.4 Å². The van der Waals surface area contributed by atoms with E-state index in [-0.39, 0.29) is 12.0 Å². The quantitative estimate of drug-likeness (QED) is 0.591. The number of aliphatic imine (C=N–C) groups is 1. The van der Waals surface area contributed by atoms with Crippen LogP contribution in [0.15, 0.2) is 4.99 Å². The van der Waals surface area contributed by atoms with Gasteiger partial charge in [-0.25, -0.2) is 4.99 Å². The van der Waals surface area contributed by atoms with E-state index >= 15 is 0 Å². The number of aryl methyl sites for hydroxylation is 1. The van der Waals surface area contributed by atoms with Crippen LogP contribution in [-0.2, 0) is 23.1 Å². The van der Waals surface area contributed by atoms with Gasteiger partial charge in [-0.2, -0.15) is 0 Å². The zero-order valence-corrected chi connectivity index (χ0v) is 16.2. The Labute approximate surface area is 159 Å². The summed E-state index contributed by atoms with van der Waals surface area (Å²) in [5.41, 5.74) is 0. The first-order valence-electron chi connectivity index (χ1n) is 9.93. The highest BCUT2D eigenvalue weighted by atomic mass is 16.5. The molecule has 0 spiro atoms. The van der Waals surface area contributed by atoms with Crippen molar-refractivity contribution in [1.82, 2.24) is 29.9 Å². The molecule has 1 unspecified atom stereocenters. The van der Waals surface area contributed by atoms with E-state index in [9.17, 15) is 4.79 Å². The third kappa shape index (κ3) is 4.23. The van der Waals surface area contributed by atoms with Gasteiger partial charge in [0.25, 0.3) is 5.91 Å². The predicted molar refractivity (Wildman–Crippen MR) is 100 cm³/mol. The first-order valence-corrected chi connectivity index (χ1v) is 9.93. The van der Waals surface area contributed by atoms with E-state index in [4.69, 9.17) is 9.73 Å². The fourth-order valence-electron chi connectivity index (χ4n) is 3.50. The van der Waals surface area contributed by atoms with Crippen molar-refractivity contribution in [3.05, 3.63) is 11.6 Å². The molecule has 1 aromatic rings. The highest BCUT2D eigenvalue weighted by molar-refractivity contribution is 5.83. The van der Waals surface area contributed by atoms with Crippen LogP contribution in [0.4, 0.5) is 0 Å². The number of hydrogen-bond acceptors (Lipinski definition) is 5. The molecular formula is C18H29N7O2. The van der Waals surface area contributed by atoms with Crippen LogP contribution in [0.1, 0.15) is 37.3 Å². The maximum absolute atomic E-state index is 12.5. The molecule has 4 rings (SSSR count). The number of nitrogens with one attached hydrogen (secondary N) is 1. The largest absolute Gasteiger partial charge is 0.368 e. The van der Waals surface area contributed by atoms with Crippen molar-refractivity contribution in [2.45, 2.75) is 51.3 Å². The summed E-state index contributed by atoms with van der Waals surface area (Å²) in [6, 6.07) is 0.525. The van der Waals surface area contributed by atoms with Crippen LogP contribution in [0.25, 0.3) is 0 Å². The van der Waals surface area contributed by atoms with Crippen LogP contribution in [0.5, 0.6) is 0 Å². The fraction of sp³-hybridized carbons (Fsp3) is 0.778. The molecule has 1 aromatic heterocycles. The molecule has 9 heteroatoms. The summed E-state index contributed by atoms with van der Waals surface area (Å²) in [5.74, 6) is 2.81. The molecule has 3 aliphatic rings. The van der Waals surface area contributed by atoms with Gasteiger partial charge in [0.15, 0.2) is 11.8 Å². The lowest BCUT2D eigenvalue weighted by atomic mass is 10.2. The van der Waals surface area contributed by atoms with Crippen molar-refractivity contribution in [2.75, 3.05) is 32.8 Å². The first-order chi connectivity index (χ1) is 13.1. The Morgan fingerprint density at radius 1 is 1.19 bits per heavy atom. The molecule has 3 fully saturated rings. The molecule has 1 N–H and O–H groups in total. The van der Waals surface area contributed by atoms with Gasteiger partial charge in [0.05, 0.1) is 0 Å². The van der Waals surface area contributed by atoms with Crippen molar-refractivity contribution in [2.24, 2.45) is 12.0 Å². The number of piperazine rings is 1. The second-order valence-electron chi connectivity index (χ2n) is 7.59. The molecule has 1 atom stereocenters. The zero-order valence-electron chi connectivity index (χ0n) is 16.2. The van der Waals surface area contributed by atoms with Crippen molar-refractivity contribution >= 4 is 11.9 Å². The van der Waals surface area contributed by atoms with Crippen LogP contribution < -0.4 is 5.32 Å². The molecule has 0 aromatic carbocycles. The Morgan fingerprint density at radius 2 is 1.93 bits per heavy atom. The van der Waals surface area contributed by atoms with Gasteiger partial charge in [-0.1, -0.05) is 0 Å². The zero-order chi connectivity index (χ0) is 18.8. The molecule has 2 aliphatic heterocycles. The lowest BCUT2D eigenvalue weighted by Gasteiger charge is -2.37. The average molecular weight is 375 g/mol. The fourth-order valence-corrected chi connectivity index (χ4v) is 3.50. The second-order valence-corrected chi connectivity index (χ2v) is 7.59. The monoisotopic (exact) mass is 375 g/mol. The number of rotatable bonds is 4. The minimum Gasteiger partial charge on any atom is -0.368 e. The molecule has 2 saturated heterocycles. The van der Waals surface area contributed by atoms with Gasteiger partial charge in [-0.15, -0.1) is 10.2 Å². The molecule has 9 nitrogen and oxygen atoms in total. The van der Waals surface area contributed by atoms with Crippen LogP contribution >= 0.6 is 0 Å². The molecular weight excluding hydrogens is 346 g/mol. The van der Waals surface area contributed by atoms with E-state index in [1.54, 1.807) is 0 Å². The molecule has 3 heterocycles. The number of ether oxygens (including phenoxy) is 1.